The van der Waals surface area contributed by atoms with Gasteiger partial charge in [-0.05, 0) is 45.3 Å². The number of thioether (sulfide) groups is 1. The van der Waals surface area contributed by atoms with Crippen molar-refractivity contribution < 1.29 is 14.3 Å². The Morgan fingerprint density at radius 2 is 2.16 bits per heavy atom. The molecule has 3 heterocycles. The van der Waals surface area contributed by atoms with Crippen molar-refractivity contribution in [2.75, 3.05) is 40.0 Å². The Hall–Kier alpha value is -1.60. The van der Waals surface area contributed by atoms with Crippen molar-refractivity contribution in [2.24, 2.45) is 5.41 Å². The van der Waals surface area contributed by atoms with Gasteiger partial charge in [-0.3, -0.25) is 9.59 Å². The first-order valence-electron chi connectivity index (χ1n) is 8.59. The molecule has 1 spiro atoms. The second-order valence-electron chi connectivity index (χ2n) is 7.13. The molecule has 2 fully saturated rings. The molecule has 0 bridgehead atoms. The van der Waals surface area contributed by atoms with E-state index in [4.69, 9.17) is 4.74 Å². The molecule has 3 rings (SSSR count). The lowest BCUT2D eigenvalue weighted by Crippen LogP contribution is -2.45. The predicted octanol–water partition coefficient (Wildman–Crippen LogP) is 1.90. The number of hydrogen-bond acceptors (Lipinski definition) is 6. The fourth-order valence-corrected chi connectivity index (χ4v) is 4.32. The first-order valence-corrected chi connectivity index (χ1v) is 9.82. The van der Waals surface area contributed by atoms with E-state index in [2.05, 4.69) is 4.98 Å². The molecular weight excluding hydrogens is 338 g/mol. The Kier molecular flexibility index (Phi) is 5.34. The number of carbonyl (C=O) groups is 2. The molecular formula is C18H25N3O3S. The maximum Gasteiger partial charge on any atom is 0.312 e. The Labute approximate surface area is 152 Å². The highest BCUT2D eigenvalue weighted by Gasteiger charge is 2.50. The number of carbonyl (C=O) groups excluding carboxylic acids is 2. The summed E-state index contributed by atoms with van der Waals surface area (Å²) in [4.78, 5) is 33.4. The molecule has 7 heteroatoms. The summed E-state index contributed by atoms with van der Waals surface area (Å²) >= 11 is 1.48. The fourth-order valence-electron chi connectivity index (χ4n) is 3.78. The van der Waals surface area contributed by atoms with Crippen LogP contribution in [-0.4, -0.2) is 72.7 Å². The van der Waals surface area contributed by atoms with Gasteiger partial charge in [0, 0.05) is 32.3 Å². The molecule has 2 aliphatic heterocycles. The van der Waals surface area contributed by atoms with Crippen molar-refractivity contribution in [2.45, 2.75) is 30.4 Å². The highest BCUT2D eigenvalue weighted by atomic mass is 32.2. The van der Waals surface area contributed by atoms with Gasteiger partial charge >= 0.3 is 5.97 Å². The Morgan fingerprint density at radius 3 is 2.80 bits per heavy atom. The number of esters is 1. The van der Waals surface area contributed by atoms with Crippen molar-refractivity contribution in [3.05, 3.63) is 23.9 Å². The van der Waals surface area contributed by atoms with Gasteiger partial charge in [0.2, 0.25) is 0 Å². The SMILES string of the molecule is CSc1ncccc1C(=O)N1CCC2(CC1)CC(CN(C)C)OC2=O. The number of amides is 1. The van der Waals surface area contributed by atoms with Crippen LogP contribution in [0.5, 0.6) is 0 Å². The molecule has 1 aromatic rings. The number of rotatable bonds is 4. The van der Waals surface area contributed by atoms with E-state index >= 15 is 0 Å². The van der Waals surface area contributed by atoms with Crippen LogP contribution in [0.1, 0.15) is 29.6 Å². The molecule has 1 atom stereocenters. The highest BCUT2D eigenvalue weighted by molar-refractivity contribution is 7.98. The maximum atomic E-state index is 12.8. The molecule has 1 aromatic heterocycles. The normalized spacial score (nSPS) is 22.5. The summed E-state index contributed by atoms with van der Waals surface area (Å²) < 4.78 is 5.58. The van der Waals surface area contributed by atoms with E-state index in [0.717, 1.165) is 18.0 Å². The number of nitrogens with zero attached hydrogens (tertiary/aromatic N) is 3. The molecule has 2 aliphatic rings. The van der Waals surface area contributed by atoms with Crippen LogP contribution in [0.2, 0.25) is 0 Å². The van der Waals surface area contributed by atoms with Crippen LogP contribution < -0.4 is 0 Å². The van der Waals surface area contributed by atoms with Gasteiger partial charge < -0.3 is 14.5 Å². The average molecular weight is 363 g/mol. The van der Waals surface area contributed by atoms with E-state index in [9.17, 15) is 9.59 Å². The van der Waals surface area contributed by atoms with Gasteiger partial charge in [0.05, 0.1) is 11.0 Å². The second-order valence-corrected chi connectivity index (χ2v) is 7.92. The van der Waals surface area contributed by atoms with E-state index in [0.29, 0.717) is 31.5 Å². The van der Waals surface area contributed by atoms with Crippen LogP contribution in [0, 0.1) is 5.41 Å². The monoisotopic (exact) mass is 363 g/mol. The number of piperidine rings is 1. The maximum absolute atomic E-state index is 12.8. The lowest BCUT2D eigenvalue weighted by molar-refractivity contribution is -0.150. The third kappa shape index (κ3) is 3.67. The van der Waals surface area contributed by atoms with Crippen LogP contribution in [-0.2, 0) is 9.53 Å². The number of likely N-dealkylation sites (tertiary alicyclic amines) is 1. The molecule has 0 aliphatic carbocycles. The van der Waals surface area contributed by atoms with Gasteiger partial charge in [0.1, 0.15) is 11.1 Å². The summed E-state index contributed by atoms with van der Waals surface area (Å²) in [6, 6.07) is 3.61. The van der Waals surface area contributed by atoms with Gasteiger partial charge in [0.15, 0.2) is 0 Å². The molecule has 25 heavy (non-hydrogen) atoms. The van der Waals surface area contributed by atoms with E-state index in [-0.39, 0.29) is 18.0 Å². The molecule has 0 aromatic carbocycles. The molecule has 0 saturated carbocycles. The van der Waals surface area contributed by atoms with Crippen LogP contribution in [0.4, 0.5) is 0 Å². The first kappa shape index (κ1) is 18.2. The standard InChI is InChI=1S/C18H25N3O3S/c1-20(2)12-13-11-18(17(23)24-13)6-9-21(10-7-18)16(22)14-5-4-8-19-15(14)25-3/h4-5,8,13H,6-7,9-12H2,1-3H3. The van der Waals surface area contributed by atoms with Crippen LogP contribution >= 0.6 is 11.8 Å². The number of aromatic nitrogens is 1. The van der Waals surface area contributed by atoms with Crippen molar-refractivity contribution in [1.82, 2.24) is 14.8 Å². The smallest absolute Gasteiger partial charge is 0.312 e. The Morgan fingerprint density at radius 1 is 1.44 bits per heavy atom. The van der Waals surface area contributed by atoms with Gasteiger partial charge in [-0.25, -0.2) is 4.98 Å². The van der Waals surface area contributed by atoms with Gasteiger partial charge in [-0.15, -0.1) is 11.8 Å². The molecule has 1 unspecified atom stereocenters. The largest absolute Gasteiger partial charge is 0.461 e. The summed E-state index contributed by atoms with van der Waals surface area (Å²) in [5.74, 6) is -0.0823. The summed E-state index contributed by atoms with van der Waals surface area (Å²) in [6.45, 7) is 1.93. The number of ether oxygens (including phenoxy) is 1. The second kappa shape index (κ2) is 7.33. The zero-order chi connectivity index (χ0) is 18.0. The van der Waals surface area contributed by atoms with Gasteiger partial charge in [0.25, 0.3) is 5.91 Å². The molecule has 0 radical (unpaired) electrons. The summed E-state index contributed by atoms with van der Waals surface area (Å²) in [5.41, 5.74) is 0.236. The van der Waals surface area contributed by atoms with Gasteiger partial charge in [-0.2, -0.15) is 0 Å². The van der Waals surface area contributed by atoms with E-state index in [1.165, 1.54) is 11.8 Å². The molecule has 6 nitrogen and oxygen atoms in total. The van der Waals surface area contributed by atoms with Crippen molar-refractivity contribution in [1.29, 1.82) is 0 Å². The molecule has 1 amide bonds. The zero-order valence-corrected chi connectivity index (χ0v) is 15.8. The molecule has 0 N–H and O–H groups in total. The minimum absolute atomic E-state index is 0.00325. The molecule has 136 valence electrons. The summed E-state index contributed by atoms with van der Waals surface area (Å²) in [7, 11) is 3.97. The lowest BCUT2D eigenvalue weighted by Gasteiger charge is -2.36. The third-order valence-corrected chi connectivity index (χ3v) is 5.81. The summed E-state index contributed by atoms with van der Waals surface area (Å²) in [5, 5.41) is 0.749. The van der Waals surface area contributed by atoms with E-state index in [1.807, 2.05) is 36.2 Å². The zero-order valence-electron chi connectivity index (χ0n) is 15.0. The number of hydrogen-bond donors (Lipinski definition) is 0. The van der Waals surface area contributed by atoms with E-state index < -0.39 is 5.41 Å². The summed E-state index contributed by atoms with van der Waals surface area (Å²) in [6.07, 6.45) is 5.70. The topological polar surface area (TPSA) is 62.7 Å². The predicted molar refractivity (Wildman–Crippen MR) is 96.6 cm³/mol. The minimum Gasteiger partial charge on any atom is -0.461 e. The van der Waals surface area contributed by atoms with Crippen molar-refractivity contribution in [3.8, 4) is 0 Å². The van der Waals surface area contributed by atoms with E-state index in [1.54, 1.807) is 12.3 Å². The van der Waals surface area contributed by atoms with Gasteiger partial charge in [-0.1, -0.05) is 0 Å². The fraction of sp³-hybridized carbons (Fsp3) is 0.611. The first-order chi connectivity index (χ1) is 11.9. The molecule has 2 saturated heterocycles. The quantitative estimate of drug-likeness (QED) is 0.601. The minimum atomic E-state index is -0.408. The van der Waals surface area contributed by atoms with Crippen LogP contribution in [0.3, 0.4) is 0 Å². The highest BCUT2D eigenvalue weighted by Crippen LogP contribution is 2.43. The van der Waals surface area contributed by atoms with Crippen LogP contribution in [0.25, 0.3) is 0 Å². The third-order valence-electron chi connectivity index (χ3n) is 5.10. The Balaban J connectivity index is 1.66. The Bertz CT molecular complexity index is 657. The number of pyridine rings is 1. The van der Waals surface area contributed by atoms with Crippen molar-refractivity contribution in [3.63, 3.8) is 0 Å². The lowest BCUT2D eigenvalue weighted by atomic mass is 9.76. The number of cyclic esters (lactones) is 1. The van der Waals surface area contributed by atoms with Crippen molar-refractivity contribution >= 4 is 23.6 Å². The number of likely N-dealkylation sites (N-methyl/N-ethyl adjacent to an activating group) is 1. The average Bonchev–Trinajstić information content (AvgIpc) is 2.89. The van der Waals surface area contributed by atoms with Crippen LogP contribution in [0.15, 0.2) is 23.4 Å².